The maximum Gasteiger partial charge on any atom is 0.298 e. The number of aromatic amines is 1. The Labute approximate surface area is 206 Å². The predicted octanol–water partition coefficient (Wildman–Crippen LogP) is 1.97. The number of carbonyl (C=O) groups excluding carboxylic acids is 2. The van der Waals surface area contributed by atoms with Gasteiger partial charge < -0.3 is 20.5 Å². The first-order valence-corrected chi connectivity index (χ1v) is 13.5. The summed E-state index contributed by atoms with van der Waals surface area (Å²) in [6.45, 7) is 5.18. The third-order valence-corrected chi connectivity index (χ3v) is 8.89. The van der Waals surface area contributed by atoms with E-state index in [9.17, 15) is 18.0 Å². The van der Waals surface area contributed by atoms with Crippen molar-refractivity contribution >= 4 is 50.1 Å². The molecule has 0 bridgehead atoms. The van der Waals surface area contributed by atoms with Gasteiger partial charge in [-0.25, -0.2) is 9.97 Å². The molecule has 4 heterocycles. The Bertz CT molecular complexity index is 1410. The van der Waals surface area contributed by atoms with Crippen LogP contribution in [0.15, 0.2) is 29.6 Å². The van der Waals surface area contributed by atoms with Gasteiger partial charge in [0.05, 0.1) is 22.4 Å². The van der Waals surface area contributed by atoms with Crippen molar-refractivity contribution in [3.63, 3.8) is 0 Å². The van der Waals surface area contributed by atoms with Crippen molar-refractivity contribution in [2.24, 2.45) is 11.7 Å². The minimum absolute atomic E-state index is 0.0325. The van der Waals surface area contributed by atoms with Crippen molar-refractivity contribution in [1.82, 2.24) is 19.9 Å². The summed E-state index contributed by atoms with van der Waals surface area (Å²) in [5.41, 5.74) is 5.84. The highest BCUT2D eigenvalue weighted by Crippen LogP contribution is 2.46. The topological polar surface area (TPSA) is 152 Å². The second-order valence-electron chi connectivity index (χ2n) is 9.34. The highest BCUT2D eigenvalue weighted by Gasteiger charge is 2.54. The quantitative estimate of drug-likeness (QED) is 0.451. The Morgan fingerprint density at radius 3 is 2.74 bits per heavy atom. The summed E-state index contributed by atoms with van der Waals surface area (Å²) in [7, 11) is -4.23. The van der Waals surface area contributed by atoms with Crippen molar-refractivity contribution < 1.29 is 22.2 Å². The molecule has 186 valence electrons. The van der Waals surface area contributed by atoms with E-state index in [0.717, 1.165) is 41.0 Å². The zero-order valence-electron chi connectivity index (χ0n) is 19.4. The molecule has 1 saturated carbocycles. The first-order valence-electron chi connectivity index (χ1n) is 11.3. The van der Waals surface area contributed by atoms with Gasteiger partial charge in [0, 0.05) is 25.8 Å². The predicted molar refractivity (Wildman–Crippen MR) is 130 cm³/mol. The molecular formula is C22H26N6O5S2. The number of hydrogen-bond donors (Lipinski definition) is 2. The van der Waals surface area contributed by atoms with Gasteiger partial charge in [0.1, 0.15) is 27.6 Å². The molecule has 0 unspecified atom stereocenters. The van der Waals surface area contributed by atoms with E-state index in [1.807, 2.05) is 26.1 Å². The molecule has 35 heavy (non-hydrogen) atoms. The van der Waals surface area contributed by atoms with E-state index in [4.69, 9.17) is 9.92 Å². The molecule has 1 aliphatic heterocycles. The fourth-order valence-corrected chi connectivity index (χ4v) is 6.95. The molecule has 0 aromatic carbocycles. The van der Waals surface area contributed by atoms with Gasteiger partial charge in [0.25, 0.3) is 21.9 Å². The summed E-state index contributed by atoms with van der Waals surface area (Å²) in [4.78, 5) is 40.9. The number of piperazine rings is 1. The minimum atomic E-state index is -4.23. The van der Waals surface area contributed by atoms with Crippen LogP contribution in [0.3, 0.4) is 0 Å². The third kappa shape index (κ3) is 4.28. The number of thiophene rings is 1. The van der Waals surface area contributed by atoms with Gasteiger partial charge in [-0.05, 0) is 30.9 Å². The van der Waals surface area contributed by atoms with Gasteiger partial charge in [-0.2, -0.15) is 8.42 Å². The number of rotatable bonds is 7. The van der Waals surface area contributed by atoms with Crippen LogP contribution in [-0.2, 0) is 14.3 Å². The number of H-pyrrole nitrogens is 1. The molecule has 3 aromatic heterocycles. The first kappa shape index (κ1) is 23.7. The van der Waals surface area contributed by atoms with Crippen molar-refractivity contribution in [1.29, 1.82) is 0 Å². The van der Waals surface area contributed by atoms with E-state index in [1.165, 1.54) is 12.4 Å². The number of hydrogen-bond acceptors (Lipinski definition) is 9. The van der Waals surface area contributed by atoms with Crippen molar-refractivity contribution in [3.8, 4) is 0 Å². The average molecular weight is 519 g/mol. The molecule has 1 spiro atoms. The van der Waals surface area contributed by atoms with Gasteiger partial charge in [0.2, 0.25) is 0 Å². The van der Waals surface area contributed by atoms with Crippen LogP contribution in [0, 0.1) is 5.92 Å². The third-order valence-electron chi connectivity index (χ3n) is 6.31. The number of primary amides is 1. The second-order valence-corrected chi connectivity index (χ2v) is 12.0. The van der Waals surface area contributed by atoms with E-state index in [2.05, 4.69) is 19.9 Å². The molecule has 1 saturated heterocycles. The maximum absolute atomic E-state index is 13.6. The fourth-order valence-electron chi connectivity index (χ4n) is 4.42. The SMILES string of the molecule is CC(C)COS(=O)(=O)c1cc(C(=O)N2CCN(c3ncnc4[nH]ccc34)CC23CC3)sc1C(N)=O. The van der Waals surface area contributed by atoms with Crippen molar-refractivity contribution in [2.75, 3.05) is 31.1 Å². The number of aromatic nitrogens is 3. The summed E-state index contributed by atoms with van der Waals surface area (Å²) in [5, 5.41) is 0.920. The van der Waals surface area contributed by atoms with Gasteiger partial charge in [-0.15, -0.1) is 11.3 Å². The second kappa shape index (κ2) is 8.57. The summed E-state index contributed by atoms with van der Waals surface area (Å²) >= 11 is 0.796. The smallest absolute Gasteiger partial charge is 0.298 e. The normalized spacial score (nSPS) is 17.5. The van der Waals surface area contributed by atoms with E-state index in [1.54, 1.807) is 4.90 Å². The molecule has 3 N–H and O–H groups in total. The van der Waals surface area contributed by atoms with E-state index in [0.29, 0.717) is 19.6 Å². The average Bonchev–Trinajstić information content (AvgIpc) is 3.24. The van der Waals surface area contributed by atoms with Crippen LogP contribution >= 0.6 is 11.3 Å². The monoisotopic (exact) mass is 518 g/mol. The van der Waals surface area contributed by atoms with Gasteiger partial charge in [-0.3, -0.25) is 13.8 Å². The number of nitrogens with zero attached hydrogens (tertiary/aromatic N) is 4. The molecule has 0 radical (unpaired) electrons. The van der Waals surface area contributed by atoms with Gasteiger partial charge in [0.15, 0.2) is 0 Å². The Hall–Kier alpha value is -3.03. The van der Waals surface area contributed by atoms with Crippen LogP contribution < -0.4 is 10.6 Å². The number of nitrogens with two attached hydrogens (primary N) is 1. The highest BCUT2D eigenvalue weighted by molar-refractivity contribution is 7.87. The molecule has 2 aliphatic rings. The minimum Gasteiger partial charge on any atom is -0.365 e. The molecule has 5 rings (SSSR count). The molecule has 2 amide bonds. The first-order chi connectivity index (χ1) is 16.6. The van der Waals surface area contributed by atoms with Crippen LogP contribution in [0.4, 0.5) is 5.82 Å². The lowest BCUT2D eigenvalue weighted by molar-refractivity contribution is 0.0629. The molecular weight excluding hydrogens is 492 g/mol. The van der Waals surface area contributed by atoms with E-state index < -0.39 is 16.0 Å². The standard InChI is InChI=1S/C22H26N6O5S2/c1-13(2)10-33-35(31,32)16-9-15(34-17(16)18(23)29)21(30)28-8-7-27(11-22(28)4-5-22)20-14-3-6-24-19(14)25-12-26-20/h3,6,9,12-13H,4-5,7-8,10-11H2,1-2H3,(H2,23,29)(H,24,25,26). The zero-order valence-corrected chi connectivity index (χ0v) is 21.0. The largest absolute Gasteiger partial charge is 0.365 e. The molecule has 1 aliphatic carbocycles. The van der Waals surface area contributed by atoms with Crippen LogP contribution in [0.2, 0.25) is 0 Å². The van der Waals surface area contributed by atoms with Crippen molar-refractivity contribution in [2.45, 2.75) is 37.1 Å². The van der Waals surface area contributed by atoms with Gasteiger partial charge in [-0.1, -0.05) is 13.8 Å². The summed E-state index contributed by atoms with van der Waals surface area (Å²) in [6, 6.07) is 3.15. The molecule has 11 nitrogen and oxygen atoms in total. The number of carbonyl (C=O) groups is 2. The molecule has 13 heteroatoms. The van der Waals surface area contributed by atoms with Crippen LogP contribution in [-0.4, -0.2) is 71.9 Å². The molecule has 0 atom stereocenters. The number of fused-ring (bicyclic) bond motifs is 1. The van der Waals surface area contributed by atoms with E-state index >= 15 is 0 Å². The lowest BCUT2D eigenvalue weighted by Crippen LogP contribution is -2.57. The Morgan fingerprint density at radius 1 is 1.29 bits per heavy atom. The summed E-state index contributed by atoms with van der Waals surface area (Å²) in [6.07, 6.45) is 4.99. The number of nitrogens with one attached hydrogen (secondary N) is 1. The zero-order chi connectivity index (χ0) is 25.0. The lowest BCUT2D eigenvalue weighted by atomic mass is 10.1. The highest BCUT2D eigenvalue weighted by atomic mass is 32.2. The fraction of sp³-hybridized carbons (Fsp3) is 0.455. The summed E-state index contributed by atoms with van der Waals surface area (Å²) < 4.78 is 30.5. The molecule has 2 fully saturated rings. The Balaban J connectivity index is 1.41. The Morgan fingerprint density at radius 2 is 2.06 bits per heavy atom. The Kier molecular flexibility index (Phi) is 5.80. The van der Waals surface area contributed by atoms with Gasteiger partial charge >= 0.3 is 0 Å². The lowest BCUT2D eigenvalue weighted by Gasteiger charge is -2.42. The molecule has 3 aromatic rings. The summed E-state index contributed by atoms with van der Waals surface area (Å²) in [5.74, 6) is -0.437. The van der Waals surface area contributed by atoms with Crippen LogP contribution in [0.5, 0.6) is 0 Å². The van der Waals surface area contributed by atoms with Crippen LogP contribution in [0.25, 0.3) is 11.0 Å². The van der Waals surface area contributed by atoms with Crippen molar-refractivity contribution in [3.05, 3.63) is 34.4 Å². The number of anilines is 1. The maximum atomic E-state index is 13.6. The number of amides is 2. The van der Waals surface area contributed by atoms with E-state index in [-0.39, 0.29) is 38.6 Å². The van der Waals surface area contributed by atoms with Crippen LogP contribution in [0.1, 0.15) is 46.0 Å².